The number of nitrogens with zero attached hydrogens (tertiary/aromatic N) is 1. The molecule has 0 fully saturated rings. The second kappa shape index (κ2) is 11.2. The third-order valence-electron chi connectivity index (χ3n) is 5.51. The molecule has 0 bridgehead atoms. The normalized spacial score (nSPS) is 20.9. The van der Waals surface area contributed by atoms with Gasteiger partial charge in [0, 0.05) is 35.3 Å². The fourth-order valence-electron chi connectivity index (χ4n) is 3.18. The molecule has 158 valence electrons. The summed E-state index contributed by atoms with van der Waals surface area (Å²) in [6.07, 6.45) is 10.0. The van der Waals surface area contributed by atoms with Crippen molar-refractivity contribution in [2.75, 3.05) is 6.54 Å². The van der Waals surface area contributed by atoms with E-state index >= 15 is 0 Å². The van der Waals surface area contributed by atoms with Gasteiger partial charge in [0.15, 0.2) is 0 Å². The molecule has 1 aliphatic rings. The first-order valence-corrected chi connectivity index (χ1v) is 10.6. The Balaban J connectivity index is 1.80. The van der Waals surface area contributed by atoms with Gasteiger partial charge in [0.25, 0.3) is 0 Å². The Morgan fingerprint density at radius 2 is 2.07 bits per heavy atom. The van der Waals surface area contributed by atoms with Gasteiger partial charge in [-0.05, 0) is 56.7 Å². The predicted octanol–water partition coefficient (Wildman–Crippen LogP) is 4.84. The third-order valence-corrected chi connectivity index (χ3v) is 5.76. The van der Waals surface area contributed by atoms with Crippen molar-refractivity contribution in [3.8, 4) is 0 Å². The fourth-order valence-corrected chi connectivity index (χ4v) is 3.31. The lowest BCUT2D eigenvalue weighted by Gasteiger charge is -2.35. The summed E-state index contributed by atoms with van der Waals surface area (Å²) in [6.45, 7) is 9.88. The van der Waals surface area contributed by atoms with Crippen molar-refractivity contribution in [3.63, 3.8) is 0 Å². The van der Waals surface area contributed by atoms with Crippen molar-refractivity contribution in [1.82, 2.24) is 16.0 Å². The number of urea groups is 1. The summed E-state index contributed by atoms with van der Waals surface area (Å²) in [4.78, 5) is 16.7. The van der Waals surface area contributed by atoms with E-state index in [-0.39, 0.29) is 11.4 Å². The number of hydrogen-bond donors (Lipinski definition) is 3. The zero-order valence-electron chi connectivity index (χ0n) is 17.8. The minimum absolute atomic E-state index is 0.000810. The number of carbonyl (C=O) groups excluding carboxylic acids is 1. The van der Waals surface area contributed by atoms with Gasteiger partial charge in [-0.2, -0.15) is 0 Å². The summed E-state index contributed by atoms with van der Waals surface area (Å²) in [5.41, 5.74) is 1.83. The highest BCUT2D eigenvalue weighted by Crippen LogP contribution is 2.32. The van der Waals surface area contributed by atoms with Crippen molar-refractivity contribution in [2.24, 2.45) is 10.4 Å². The summed E-state index contributed by atoms with van der Waals surface area (Å²) in [5.74, 6) is 0. The second-order valence-corrected chi connectivity index (χ2v) is 8.17. The third kappa shape index (κ3) is 7.33. The van der Waals surface area contributed by atoms with Crippen LogP contribution in [0.5, 0.6) is 0 Å². The Bertz CT molecular complexity index is 757. The number of aliphatic imine (C=N–C) groups is 1. The average molecular weight is 417 g/mol. The SMILES string of the molecule is C/C=N\C(CC)CN[C@@H](C)[C@@]1(C)C=CC(NC(=O)NCc2ccc(Cl)cc2)=CC1. The van der Waals surface area contributed by atoms with Crippen molar-refractivity contribution < 1.29 is 4.79 Å². The van der Waals surface area contributed by atoms with Crippen LogP contribution in [-0.4, -0.2) is 30.9 Å². The lowest BCUT2D eigenvalue weighted by atomic mass is 9.77. The lowest BCUT2D eigenvalue weighted by molar-refractivity contribution is 0.242. The van der Waals surface area contributed by atoms with Crippen LogP contribution in [0.15, 0.2) is 53.2 Å². The van der Waals surface area contributed by atoms with E-state index < -0.39 is 0 Å². The van der Waals surface area contributed by atoms with Gasteiger partial charge in [-0.25, -0.2) is 4.79 Å². The Kier molecular flexibility index (Phi) is 8.93. The quantitative estimate of drug-likeness (QED) is 0.504. The maximum absolute atomic E-state index is 12.2. The Morgan fingerprint density at radius 3 is 2.66 bits per heavy atom. The highest BCUT2D eigenvalue weighted by Gasteiger charge is 2.29. The maximum Gasteiger partial charge on any atom is 0.319 e. The van der Waals surface area contributed by atoms with E-state index in [1.807, 2.05) is 43.5 Å². The number of hydrogen-bond acceptors (Lipinski definition) is 3. The molecule has 0 spiro atoms. The number of benzene rings is 1. The molecule has 29 heavy (non-hydrogen) atoms. The van der Waals surface area contributed by atoms with Crippen LogP contribution in [0.3, 0.4) is 0 Å². The zero-order chi connectivity index (χ0) is 21.3. The largest absolute Gasteiger partial charge is 0.334 e. The molecule has 5 nitrogen and oxygen atoms in total. The standard InChI is InChI=1S/C23H33ClN4O/c1-5-20(25-6-2)16-26-17(3)23(4)13-11-21(12-14-23)28-22(29)27-15-18-7-9-19(24)10-8-18/h6-13,17,20,26H,5,14-16H2,1-4H3,(H2,27,28,29)/b25-6-/t17-,20?,23-/m0/s1. The minimum atomic E-state index is -0.214. The molecule has 1 aromatic carbocycles. The molecular weight excluding hydrogens is 384 g/mol. The number of allylic oxidation sites excluding steroid dienone is 2. The highest BCUT2D eigenvalue weighted by molar-refractivity contribution is 6.30. The molecule has 1 aliphatic carbocycles. The fraction of sp³-hybridized carbons (Fsp3) is 0.478. The molecule has 0 saturated heterocycles. The van der Waals surface area contributed by atoms with Crippen LogP contribution in [0.4, 0.5) is 4.79 Å². The molecule has 1 unspecified atom stereocenters. The molecule has 2 rings (SSSR count). The molecule has 0 heterocycles. The molecule has 1 aromatic rings. The molecule has 6 heteroatoms. The van der Waals surface area contributed by atoms with E-state index in [1.54, 1.807) is 0 Å². The van der Waals surface area contributed by atoms with Crippen LogP contribution in [0, 0.1) is 5.41 Å². The van der Waals surface area contributed by atoms with Crippen molar-refractivity contribution in [3.05, 3.63) is 58.8 Å². The van der Waals surface area contributed by atoms with Gasteiger partial charge >= 0.3 is 6.03 Å². The van der Waals surface area contributed by atoms with E-state index in [0.29, 0.717) is 23.7 Å². The average Bonchev–Trinajstić information content (AvgIpc) is 2.72. The van der Waals surface area contributed by atoms with Gasteiger partial charge in [-0.3, -0.25) is 4.99 Å². The van der Waals surface area contributed by atoms with Gasteiger partial charge in [-0.1, -0.05) is 49.7 Å². The van der Waals surface area contributed by atoms with Crippen molar-refractivity contribution in [2.45, 2.75) is 59.2 Å². The first-order chi connectivity index (χ1) is 13.9. The van der Waals surface area contributed by atoms with Crippen LogP contribution >= 0.6 is 11.6 Å². The lowest BCUT2D eigenvalue weighted by Crippen LogP contribution is -2.44. The van der Waals surface area contributed by atoms with Crippen LogP contribution in [0.2, 0.25) is 5.02 Å². The van der Waals surface area contributed by atoms with Crippen LogP contribution < -0.4 is 16.0 Å². The monoisotopic (exact) mass is 416 g/mol. The maximum atomic E-state index is 12.2. The van der Waals surface area contributed by atoms with Crippen molar-refractivity contribution in [1.29, 1.82) is 0 Å². The van der Waals surface area contributed by atoms with Gasteiger partial charge in [0.05, 0.1) is 6.04 Å². The van der Waals surface area contributed by atoms with E-state index in [0.717, 1.165) is 30.6 Å². The molecular formula is C23H33ClN4O. The first-order valence-electron chi connectivity index (χ1n) is 10.3. The van der Waals surface area contributed by atoms with Crippen LogP contribution in [0.25, 0.3) is 0 Å². The summed E-state index contributed by atoms with van der Waals surface area (Å²) < 4.78 is 0. The number of nitrogens with one attached hydrogen (secondary N) is 3. The van der Waals surface area contributed by atoms with Gasteiger partial charge in [0.2, 0.25) is 0 Å². The Morgan fingerprint density at radius 1 is 1.34 bits per heavy atom. The summed E-state index contributed by atoms with van der Waals surface area (Å²) >= 11 is 5.88. The molecule has 3 N–H and O–H groups in total. The number of rotatable bonds is 9. The topological polar surface area (TPSA) is 65.5 Å². The van der Waals surface area contributed by atoms with Crippen LogP contribution in [0.1, 0.15) is 46.1 Å². The zero-order valence-corrected chi connectivity index (χ0v) is 18.6. The summed E-state index contributed by atoms with van der Waals surface area (Å²) in [5, 5.41) is 10.1. The van der Waals surface area contributed by atoms with E-state index in [4.69, 9.17) is 11.6 Å². The molecule has 3 atom stereocenters. The molecule has 0 radical (unpaired) electrons. The minimum Gasteiger partial charge on any atom is -0.334 e. The highest BCUT2D eigenvalue weighted by atomic mass is 35.5. The Hall–Kier alpha value is -2.11. The summed E-state index contributed by atoms with van der Waals surface area (Å²) in [6, 6.07) is 7.83. The van der Waals surface area contributed by atoms with Gasteiger partial charge in [0.1, 0.15) is 0 Å². The first kappa shape index (κ1) is 23.2. The number of carbonyl (C=O) groups is 1. The van der Waals surface area contributed by atoms with E-state index in [1.165, 1.54) is 0 Å². The summed E-state index contributed by atoms with van der Waals surface area (Å²) in [7, 11) is 0. The number of halogens is 1. The Labute approximate surface area is 179 Å². The molecule has 2 amide bonds. The smallest absolute Gasteiger partial charge is 0.319 e. The van der Waals surface area contributed by atoms with E-state index in [9.17, 15) is 4.79 Å². The van der Waals surface area contributed by atoms with Gasteiger partial charge in [-0.15, -0.1) is 0 Å². The van der Waals surface area contributed by atoms with Crippen LogP contribution in [-0.2, 0) is 6.54 Å². The molecule has 0 aliphatic heterocycles. The number of amides is 2. The predicted molar refractivity (Wildman–Crippen MR) is 122 cm³/mol. The second-order valence-electron chi connectivity index (χ2n) is 7.74. The molecule has 0 aromatic heterocycles. The molecule has 0 saturated carbocycles. The van der Waals surface area contributed by atoms with Gasteiger partial charge < -0.3 is 16.0 Å². The van der Waals surface area contributed by atoms with E-state index in [2.05, 4.69) is 53.9 Å². The van der Waals surface area contributed by atoms with Crippen molar-refractivity contribution >= 4 is 23.8 Å².